The lowest BCUT2D eigenvalue weighted by molar-refractivity contribution is 0.412. The van der Waals surface area contributed by atoms with Crippen LogP contribution in [-0.4, -0.2) is 25.6 Å². The average Bonchev–Trinajstić information content (AvgIpc) is 3.42. The largest absolute Gasteiger partial charge is 0.256 e. The molecule has 156 valence electrons. The third kappa shape index (κ3) is 3.22. The summed E-state index contributed by atoms with van der Waals surface area (Å²) in [6, 6.07) is 6.87. The minimum absolute atomic E-state index is 0.0538. The van der Waals surface area contributed by atoms with Crippen molar-refractivity contribution in [1.82, 2.24) is 25.6 Å². The molecular weight excluding hydrogens is 377 g/mol. The van der Waals surface area contributed by atoms with Gasteiger partial charge in [0, 0.05) is 11.1 Å². The predicted octanol–water partition coefficient (Wildman–Crippen LogP) is 5.56. The molecule has 0 spiro atoms. The molecule has 30 heavy (non-hydrogen) atoms. The first-order valence-electron chi connectivity index (χ1n) is 11.3. The number of fused-ring (bicyclic) bond motifs is 1. The average molecular weight is 406 g/mol. The highest BCUT2D eigenvalue weighted by molar-refractivity contribution is 5.85. The van der Waals surface area contributed by atoms with Crippen molar-refractivity contribution >= 4 is 0 Å². The second-order valence-electron chi connectivity index (χ2n) is 8.79. The monoisotopic (exact) mass is 405 g/mol. The molecule has 2 aromatic heterocycles. The lowest BCUT2D eigenvalue weighted by atomic mass is 9.75. The molecule has 0 unspecified atom stereocenters. The summed E-state index contributed by atoms with van der Waals surface area (Å²) in [7, 11) is 0. The first-order valence-corrected chi connectivity index (χ1v) is 11.3. The number of halogens is 1. The summed E-state index contributed by atoms with van der Waals surface area (Å²) >= 11 is 0. The van der Waals surface area contributed by atoms with E-state index in [1.807, 2.05) is 12.1 Å². The van der Waals surface area contributed by atoms with Crippen LogP contribution in [0.1, 0.15) is 75.2 Å². The zero-order chi connectivity index (χ0) is 20.6. The van der Waals surface area contributed by atoms with Gasteiger partial charge in [-0.3, -0.25) is 4.98 Å². The van der Waals surface area contributed by atoms with Crippen molar-refractivity contribution in [2.45, 2.75) is 76.5 Å². The van der Waals surface area contributed by atoms with Crippen LogP contribution in [0, 0.1) is 5.82 Å². The summed E-state index contributed by atoms with van der Waals surface area (Å²) in [5, 5.41) is 15.1. The summed E-state index contributed by atoms with van der Waals surface area (Å²) in [6.07, 6.45) is 11.3. The number of tetrazole rings is 1. The molecule has 1 saturated carbocycles. The fraction of sp³-hybridized carbons (Fsp3) is 0.500. The first-order chi connectivity index (χ1) is 14.7. The number of aryl methyl sites for hydroxylation is 1. The van der Waals surface area contributed by atoms with E-state index in [2.05, 4.69) is 27.5 Å². The second kappa shape index (κ2) is 7.89. The Morgan fingerprint density at radius 3 is 2.43 bits per heavy atom. The van der Waals surface area contributed by atoms with E-state index in [-0.39, 0.29) is 11.2 Å². The molecule has 2 aliphatic carbocycles. The van der Waals surface area contributed by atoms with Gasteiger partial charge in [-0.25, -0.2) is 9.49 Å². The summed E-state index contributed by atoms with van der Waals surface area (Å²) < 4.78 is 13.8. The highest BCUT2D eigenvalue weighted by Gasteiger charge is 2.40. The Bertz CT molecular complexity index is 1020. The summed E-state index contributed by atoms with van der Waals surface area (Å²) in [5.41, 5.74) is 6.90. The third-order valence-electron chi connectivity index (χ3n) is 7.18. The Hall–Kier alpha value is -2.63. The van der Waals surface area contributed by atoms with Crippen molar-refractivity contribution in [2.24, 2.45) is 0 Å². The van der Waals surface area contributed by atoms with E-state index in [9.17, 15) is 4.39 Å². The molecule has 5 nitrogen and oxygen atoms in total. The van der Waals surface area contributed by atoms with Crippen LogP contribution in [0.2, 0.25) is 0 Å². The van der Waals surface area contributed by atoms with E-state index in [0.717, 1.165) is 60.9 Å². The van der Waals surface area contributed by atoms with Crippen LogP contribution in [0.4, 0.5) is 4.39 Å². The molecule has 0 amide bonds. The molecule has 0 bridgehead atoms. The van der Waals surface area contributed by atoms with Gasteiger partial charge in [0.15, 0.2) is 5.82 Å². The topological polar surface area (TPSA) is 67.3 Å². The predicted molar refractivity (Wildman–Crippen MR) is 114 cm³/mol. The van der Waals surface area contributed by atoms with Gasteiger partial charge in [-0.2, -0.15) is 0 Å². The zero-order valence-corrected chi connectivity index (χ0v) is 17.5. The highest BCUT2D eigenvalue weighted by Crippen LogP contribution is 2.49. The summed E-state index contributed by atoms with van der Waals surface area (Å²) in [4.78, 5) is 5.37. The van der Waals surface area contributed by atoms with Crippen LogP contribution >= 0.6 is 0 Å². The molecular formula is C24H28FN5. The zero-order valence-electron chi connectivity index (χ0n) is 17.5. The fourth-order valence-electron chi connectivity index (χ4n) is 5.54. The number of aromatic nitrogens is 5. The van der Waals surface area contributed by atoms with E-state index >= 15 is 0 Å². The van der Waals surface area contributed by atoms with E-state index in [0.29, 0.717) is 5.82 Å². The van der Waals surface area contributed by atoms with Crippen LogP contribution in [0.5, 0.6) is 0 Å². The Kier molecular flexibility index (Phi) is 5.09. The van der Waals surface area contributed by atoms with Crippen LogP contribution in [0.25, 0.3) is 22.5 Å². The Labute approximate surface area is 176 Å². The second-order valence-corrected chi connectivity index (χ2v) is 8.79. The van der Waals surface area contributed by atoms with Gasteiger partial charge in [-0.15, -0.1) is 5.10 Å². The van der Waals surface area contributed by atoms with Crippen LogP contribution < -0.4 is 0 Å². The van der Waals surface area contributed by atoms with E-state index in [1.54, 1.807) is 12.1 Å². The lowest BCUT2D eigenvalue weighted by Crippen LogP contribution is -2.25. The Morgan fingerprint density at radius 1 is 0.967 bits per heavy atom. The Balaban J connectivity index is 1.86. The van der Waals surface area contributed by atoms with Gasteiger partial charge in [0.05, 0.1) is 11.3 Å². The van der Waals surface area contributed by atoms with E-state index in [1.165, 1.54) is 36.9 Å². The minimum Gasteiger partial charge on any atom is -0.256 e. The van der Waals surface area contributed by atoms with Gasteiger partial charge in [-0.1, -0.05) is 38.3 Å². The van der Waals surface area contributed by atoms with Crippen molar-refractivity contribution in [2.75, 3.05) is 0 Å². The maximum absolute atomic E-state index is 13.8. The number of rotatable bonds is 4. The summed E-state index contributed by atoms with van der Waals surface area (Å²) in [6.45, 7) is 2.28. The maximum Gasteiger partial charge on any atom is 0.181 e. The van der Waals surface area contributed by atoms with Crippen molar-refractivity contribution in [3.63, 3.8) is 0 Å². The Morgan fingerprint density at radius 2 is 1.73 bits per heavy atom. The van der Waals surface area contributed by atoms with Gasteiger partial charge in [0.2, 0.25) is 0 Å². The quantitative estimate of drug-likeness (QED) is 0.577. The van der Waals surface area contributed by atoms with Gasteiger partial charge < -0.3 is 0 Å². The van der Waals surface area contributed by atoms with Crippen LogP contribution in [0.3, 0.4) is 0 Å². The molecule has 0 radical (unpaired) electrons. The van der Waals surface area contributed by atoms with Crippen molar-refractivity contribution in [3.05, 3.63) is 47.0 Å². The van der Waals surface area contributed by atoms with E-state index in [4.69, 9.17) is 4.98 Å². The third-order valence-corrected chi connectivity index (χ3v) is 7.18. The minimum atomic E-state index is -0.220. The summed E-state index contributed by atoms with van der Waals surface area (Å²) in [5.74, 6) is 0.450. The molecule has 6 heteroatoms. The molecule has 0 aliphatic heterocycles. The molecule has 0 atom stereocenters. The number of pyridine rings is 1. The van der Waals surface area contributed by atoms with Crippen molar-refractivity contribution in [1.29, 1.82) is 0 Å². The number of aromatic amines is 1. The maximum atomic E-state index is 13.8. The molecule has 2 heterocycles. The normalized spacial score (nSPS) is 18.2. The fourth-order valence-corrected chi connectivity index (χ4v) is 5.54. The molecule has 5 rings (SSSR count). The lowest BCUT2D eigenvalue weighted by Gasteiger charge is -2.31. The number of hydrogen-bond donors (Lipinski definition) is 1. The molecule has 3 aromatic rings. The van der Waals surface area contributed by atoms with Gasteiger partial charge in [-0.05, 0) is 84.2 Å². The molecule has 1 N–H and O–H groups in total. The number of nitrogens with one attached hydrogen (secondary N) is 1. The van der Waals surface area contributed by atoms with E-state index < -0.39 is 0 Å². The standard InChI is InChI=1S/C24H28FN5/c1-2-24(14-6-7-15-24)22-21(23-27-29-30-28-23)20(16-10-12-17(25)13-11-16)18-8-4-3-5-9-19(18)26-22/h10-13H,2-9,14-15H2,1H3,(H,27,28,29,30). The SMILES string of the molecule is CCC1(c2nc3c(c(-c4ccc(F)cc4)c2-c2nnn[nH]2)CCCCC3)CCCC1. The van der Waals surface area contributed by atoms with Crippen LogP contribution in [0.15, 0.2) is 24.3 Å². The van der Waals surface area contributed by atoms with Crippen molar-refractivity contribution < 1.29 is 4.39 Å². The highest BCUT2D eigenvalue weighted by atomic mass is 19.1. The molecule has 1 fully saturated rings. The molecule has 0 saturated heterocycles. The molecule has 2 aliphatic rings. The van der Waals surface area contributed by atoms with Gasteiger partial charge in [0.1, 0.15) is 5.82 Å². The number of benzene rings is 1. The number of H-pyrrole nitrogens is 1. The number of hydrogen-bond acceptors (Lipinski definition) is 4. The first kappa shape index (κ1) is 19.3. The number of nitrogens with zero attached hydrogens (tertiary/aromatic N) is 4. The van der Waals surface area contributed by atoms with Crippen LogP contribution in [-0.2, 0) is 18.3 Å². The smallest absolute Gasteiger partial charge is 0.181 e. The van der Waals surface area contributed by atoms with Crippen molar-refractivity contribution in [3.8, 4) is 22.5 Å². The van der Waals surface area contributed by atoms with Gasteiger partial charge in [0.25, 0.3) is 0 Å². The van der Waals surface area contributed by atoms with Gasteiger partial charge >= 0.3 is 0 Å². The molecule has 1 aromatic carbocycles.